The van der Waals surface area contributed by atoms with E-state index in [2.05, 4.69) is 27.9 Å². The molecule has 6 heteroatoms. The summed E-state index contributed by atoms with van der Waals surface area (Å²) in [5.74, 6) is 0.0522. The third-order valence-electron chi connectivity index (χ3n) is 4.11. The van der Waals surface area contributed by atoms with E-state index in [1.807, 2.05) is 59.0 Å². The average Bonchev–Trinajstić information content (AvgIpc) is 3.17. The van der Waals surface area contributed by atoms with Gasteiger partial charge in [-0.3, -0.25) is 9.59 Å². The van der Waals surface area contributed by atoms with E-state index in [1.165, 1.54) is 0 Å². The first-order valence-corrected chi connectivity index (χ1v) is 9.14. The number of hydrogen-bond acceptors (Lipinski definition) is 2. The molecular weight excluding hydrogens is 417 g/mol. The molecule has 0 aliphatic carbocycles. The third kappa shape index (κ3) is 3.80. The Morgan fingerprint density at radius 2 is 2.17 bits per heavy atom. The Kier molecular flexibility index (Phi) is 5.23. The Labute approximate surface area is 155 Å². The third-order valence-corrected chi connectivity index (χ3v) is 4.78. The van der Waals surface area contributed by atoms with Crippen molar-refractivity contribution in [2.24, 2.45) is 0 Å². The fourth-order valence-corrected chi connectivity index (χ4v) is 3.51. The van der Waals surface area contributed by atoms with Crippen molar-refractivity contribution in [3.05, 3.63) is 51.9 Å². The van der Waals surface area contributed by atoms with Gasteiger partial charge in [0.2, 0.25) is 5.91 Å². The molecule has 1 unspecified atom stereocenters. The van der Waals surface area contributed by atoms with E-state index in [0.717, 1.165) is 22.2 Å². The largest absolute Gasteiger partial charge is 0.347 e. The first-order chi connectivity index (χ1) is 11.5. The zero-order valence-corrected chi connectivity index (χ0v) is 15.7. The summed E-state index contributed by atoms with van der Waals surface area (Å²) in [4.78, 5) is 26.1. The van der Waals surface area contributed by atoms with Gasteiger partial charge in [-0.15, -0.1) is 0 Å². The zero-order valence-electron chi connectivity index (χ0n) is 13.5. The molecule has 1 aromatic carbocycles. The SMILES string of the molecule is CC(CN1CCCC1=O)NC(=O)c1cccn1-c1cccc(I)c1. The lowest BCUT2D eigenvalue weighted by Crippen LogP contribution is -2.42. The molecule has 24 heavy (non-hydrogen) atoms. The van der Waals surface area contributed by atoms with Gasteiger partial charge in [-0.25, -0.2) is 0 Å². The number of hydrogen-bond donors (Lipinski definition) is 1. The summed E-state index contributed by atoms with van der Waals surface area (Å²) < 4.78 is 3.00. The number of halogens is 1. The number of carbonyl (C=O) groups is 2. The summed E-state index contributed by atoms with van der Waals surface area (Å²) in [5.41, 5.74) is 1.55. The highest BCUT2D eigenvalue weighted by atomic mass is 127. The average molecular weight is 437 g/mol. The second-order valence-electron chi connectivity index (χ2n) is 6.06. The minimum atomic E-state index is -0.127. The summed E-state index contributed by atoms with van der Waals surface area (Å²) in [5, 5.41) is 3.00. The van der Waals surface area contributed by atoms with Crippen LogP contribution in [0.3, 0.4) is 0 Å². The van der Waals surface area contributed by atoms with Crippen molar-refractivity contribution in [2.45, 2.75) is 25.8 Å². The van der Waals surface area contributed by atoms with Gasteiger partial charge in [-0.1, -0.05) is 6.07 Å². The van der Waals surface area contributed by atoms with Crippen LogP contribution in [0.2, 0.25) is 0 Å². The monoisotopic (exact) mass is 437 g/mol. The number of nitrogens with one attached hydrogen (secondary N) is 1. The minimum Gasteiger partial charge on any atom is -0.347 e. The Morgan fingerprint density at radius 1 is 1.33 bits per heavy atom. The van der Waals surface area contributed by atoms with Gasteiger partial charge in [0.1, 0.15) is 5.69 Å². The van der Waals surface area contributed by atoms with E-state index < -0.39 is 0 Å². The van der Waals surface area contributed by atoms with Gasteiger partial charge in [0, 0.05) is 41.0 Å². The van der Waals surface area contributed by atoms with Crippen LogP contribution in [0, 0.1) is 3.57 Å². The predicted octanol–water partition coefficient (Wildman–Crippen LogP) is 2.82. The molecular formula is C18H20IN3O2. The molecule has 0 saturated carbocycles. The van der Waals surface area contributed by atoms with Crippen molar-refractivity contribution in [3.63, 3.8) is 0 Å². The maximum absolute atomic E-state index is 12.6. The van der Waals surface area contributed by atoms with Crippen molar-refractivity contribution >= 4 is 34.4 Å². The second kappa shape index (κ2) is 7.38. The Bertz CT molecular complexity index is 756. The van der Waals surface area contributed by atoms with Crippen LogP contribution in [-0.4, -0.2) is 40.4 Å². The lowest BCUT2D eigenvalue weighted by molar-refractivity contribution is -0.127. The van der Waals surface area contributed by atoms with Crippen LogP contribution in [0.15, 0.2) is 42.6 Å². The van der Waals surface area contributed by atoms with Crippen molar-refractivity contribution < 1.29 is 9.59 Å². The first kappa shape index (κ1) is 17.0. The number of likely N-dealkylation sites (tertiary alicyclic amines) is 1. The van der Waals surface area contributed by atoms with Gasteiger partial charge >= 0.3 is 0 Å². The molecule has 1 N–H and O–H groups in total. The standard InChI is InChI=1S/C18H20IN3O2/c1-13(12-21-9-4-8-17(21)23)20-18(24)16-7-3-10-22(16)15-6-2-5-14(19)11-15/h2-3,5-7,10-11,13H,4,8-9,12H2,1H3,(H,20,24). The highest BCUT2D eigenvalue weighted by Crippen LogP contribution is 2.16. The van der Waals surface area contributed by atoms with Gasteiger partial charge in [0.15, 0.2) is 0 Å². The molecule has 1 atom stereocenters. The zero-order chi connectivity index (χ0) is 17.1. The van der Waals surface area contributed by atoms with Crippen LogP contribution in [0.1, 0.15) is 30.3 Å². The van der Waals surface area contributed by atoms with Crippen LogP contribution in [0.4, 0.5) is 0 Å². The van der Waals surface area contributed by atoms with E-state index in [9.17, 15) is 9.59 Å². The summed E-state index contributed by atoms with van der Waals surface area (Å²) in [6, 6.07) is 11.6. The van der Waals surface area contributed by atoms with Crippen molar-refractivity contribution in [1.82, 2.24) is 14.8 Å². The number of benzene rings is 1. The number of aromatic nitrogens is 1. The summed E-state index contributed by atoms with van der Waals surface area (Å²) >= 11 is 2.26. The normalized spacial score (nSPS) is 15.6. The van der Waals surface area contributed by atoms with Gasteiger partial charge in [0.25, 0.3) is 5.91 Å². The van der Waals surface area contributed by atoms with Gasteiger partial charge in [0.05, 0.1) is 0 Å². The highest BCUT2D eigenvalue weighted by Gasteiger charge is 2.23. The molecule has 0 spiro atoms. The Morgan fingerprint density at radius 3 is 2.88 bits per heavy atom. The van der Waals surface area contributed by atoms with E-state index in [4.69, 9.17) is 0 Å². The van der Waals surface area contributed by atoms with E-state index in [0.29, 0.717) is 18.7 Å². The van der Waals surface area contributed by atoms with Gasteiger partial charge in [-0.05, 0) is 66.3 Å². The Balaban J connectivity index is 1.69. The van der Waals surface area contributed by atoms with Crippen molar-refractivity contribution in [1.29, 1.82) is 0 Å². The molecule has 2 heterocycles. The molecule has 1 aliphatic heterocycles. The van der Waals surface area contributed by atoms with Crippen LogP contribution in [-0.2, 0) is 4.79 Å². The second-order valence-corrected chi connectivity index (χ2v) is 7.31. The number of nitrogens with zero attached hydrogens (tertiary/aromatic N) is 2. The van der Waals surface area contributed by atoms with E-state index in [1.54, 1.807) is 0 Å². The van der Waals surface area contributed by atoms with Crippen LogP contribution in [0.25, 0.3) is 5.69 Å². The molecule has 1 aromatic heterocycles. The van der Waals surface area contributed by atoms with Crippen LogP contribution in [0.5, 0.6) is 0 Å². The lowest BCUT2D eigenvalue weighted by Gasteiger charge is -2.22. The van der Waals surface area contributed by atoms with Crippen molar-refractivity contribution in [3.8, 4) is 5.69 Å². The molecule has 126 valence electrons. The number of rotatable bonds is 5. The number of carbonyl (C=O) groups excluding carboxylic acids is 2. The molecule has 0 radical (unpaired) electrons. The highest BCUT2D eigenvalue weighted by molar-refractivity contribution is 14.1. The Hall–Kier alpha value is -1.83. The molecule has 1 aliphatic rings. The molecule has 0 bridgehead atoms. The molecule has 2 amide bonds. The lowest BCUT2D eigenvalue weighted by atomic mass is 10.2. The molecule has 1 saturated heterocycles. The maximum atomic E-state index is 12.6. The van der Waals surface area contributed by atoms with Crippen LogP contribution < -0.4 is 5.32 Å². The minimum absolute atomic E-state index is 0.0844. The smallest absolute Gasteiger partial charge is 0.268 e. The molecule has 1 fully saturated rings. The van der Waals surface area contributed by atoms with Crippen LogP contribution >= 0.6 is 22.6 Å². The summed E-state index contributed by atoms with van der Waals surface area (Å²) in [6.07, 6.45) is 3.42. The van der Waals surface area contributed by atoms with Gasteiger partial charge < -0.3 is 14.8 Å². The van der Waals surface area contributed by atoms with E-state index >= 15 is 0 Å². The van der Waals surface area contributed by atoms with E-state index in [-0.39, 0.29) is 17.9 Å². The summed E-state index contributed by atoms with van der Waals surface area (Å²) in [6.45, 7) is 3.29. The van der Waals surface area contributed by atoms with Gasteiger partial charge in [-0.2, -0.15) is 0 Å². The topological polar surface area (TPSA) is 54.3 Å². The fourth-order valence-electron chi connectivity index (χ4n) is 2.99. The molecule has 5 nitrogen and oxygen atoms in total. The van der Waals surface area contributed by atoms with Crippen molar-refractivity contribution in [2.75, 3.05) is 13.1 Å². The maximum Gasteiger partial charge on any atom is 0.268 e. The quantitative estimate of drug-likeness (QED) is 0.732. The fraction of sp³-hybridized carbons (Fsp3) is 0.333. The number of amides is 2. The molecule has 3 rings (SSSR count). The predicted molar refractivity (Wildman–Crippen MR) is 101 cm³/mol. The summed E-state index contributed by atoms with van der Waals surface area (Å²) in [7, 11) is 0. The molecule has 2 aromatic rings. The first-order valence-electron chi connectivity index (χ1n) is 8.06.